The van der Waals surface area contributed by atoms with E-state index in [1.165, 1.54) is 17.1 Å². The van der Waals surface area contributed by atoms with Gasteiger partial charge in [0.2, 0.25) is 5.91 Å². The van der Waals surface area contributed by atoms with Crippen molar-refractivity contribution < 1.29 is 9.21 Å². The maximum Gasteiger partial charge on any atom is 0.264 e. The molecule has 0 radical (unpaired) electrons. The molecular formula is C24H23N5O3. The maximum atomic E-state index is 13.3. The second-order valence-electron chi connectivity index (χ2n) is 7.81. The van der Waals surface area contributed by atoms with Gasteiger partial charge >= 0.3 is 0 Å². The molecule has 0 fully saturated rings. The van der Waals surface area contributed by atoms with E-state index in [0.717, 1.165) is 37.1 Å². The molecule has 4 aromatic rings. The number of aromatic nitrogens is 4. The molecule has 162 valence electrons. The lowest BCUT2D eigenvalue weighted by atomic mass is 10.0. The summed E-state index contributed by atoms with van der Waals surface area (Å²) < 4.78 is 8.44. The van der Waals surface area contributed by atoms with Crippen LogP contribution in [0.1, 0.15) is 31.4 Å². The van der Waals surface area contributed by atoms with Gasteiger partial charge in [0.25, 0.3) is 5.56 Å². The predicted octanol–water partition coefficient (Wildman–Crippen LogP) is 3.66. The van der Waals surface area contributed by atoms with E-state index < -0.39 is 0 Å². The fourth-order valence-electron chi connectivity index (χ4n) is 4.03. The average molecular weight is 429 g/mol. The Morgan fingerprint density at radius 1 is 1.12 bits per heavy atom. The van der Waals surface area contributed by atoms with Gasteiger partial charge in [0.15, 0.2) is 5.65 Å². The zero-order valence-corrected chi connectivity index (χ0v) is 17.6. The van der Waals surface area contributed by atoms with Crippen molar-refractivity contribution >= 4 is 16.9 Å². The van der Waals surface area contributed by atoms with Crippen LogP contribution in [0.3, 0.4) is 0 Å². The zero-order chi connectivity index (χ0) is 21.9. The smallest absolute Gasteiger partial charge is 0.264 e. The van der Waals surface area contributed by atoms with Crippen molar-refractivity contribution in [3.63, 3.8) is 0 Å². The fraction of sp³-hybridized carbons (Fsp3) is 0.250. The van der Waals surface area contributed by atoms with E-state index in [1.807, 2.05) is 36.4 Å². The molecule has 0 aliphatic heterocycles. The Morgan fingerprint density at radius 3 is 2.75 bits per heavy atom. The van der Waals surface area contributed by atoms with E-state index in [0.29, 0.717) is 23.3 Å². The van der Waals surface area contributed by atoms with Crippen LogP contribution >= 0.6 is 0 Å². The van der Waals surface area contributed by atoms with E-state index in [4.69, 9.17) is 4.42 Å². The molecule has 0 saturated heterocycles. The van der Waals surface area contributed by atoms with Crippen LogP contribution in [-0.2, 0) is 17.9 Å². The number of furan rings is 1. The van der Waals surface area contributed by atoms with Crippen molar-refractivity contribution in [2.75, 3.05) is 0 Å². The van der Waals surface area contributed by atoms with E-state index in [9.17, 15) is 9.59 Å². The molecule has 8 nitrogen and oxygen atoms in total. The molecule has 1 amide bonds. The Kier molecular flexibility index (Phi) is 5.41. The highest BCUT2D eigenvalue weighted by Crippen LogP contribution is 2.23. The molecular weight excluding hydrogens is 406 g/mol. The second kappa shape index (κ2) is 8.66. The SMILES string of the molecule is O=C(Cn1cnc2c(cnn2-c2ccccc2)c1=O)N(Cc1ccco1)C1=CCCCC1. The maximum absolute atomic E-state index is 13.3. The third-order valence-corrected chi connectivity index (χ3v) is 5.67. The van der Waals surface area contributed by atoms with Crippen molar-refractivity contribution in [3.05, 3.63) is 89.1 Å². The van der Waals surface area contributed by atoms with E-state index in [1.54, 1.807) is 21.9 Å². The van der Waals surface area contributed by atoms with Crippen LogP contribution in [0.15, 0.2) is 82.2 Å². The van der Waals surface area contributed by atoms with Gasteiger partial charge in [0, 0.05) is 5.70 Å². The van der Waals surface area contributed by atoms with Crippen molar-refractivity contribution in [1.82, 2.24) is 24.2 Å². The summed E-state index contributed by atoms with van der Waals surface area (Å²) in [5.74, 6) is 0.531. The van der Waals surface area contributed by atoms with Crippen LogP contribution in [0.25, 0.3) is 16.7 Å². The second-order valence-corrected chi connectivity index (χ2v) is 7.81. The molecule has 0 spiro atoms. The van der Waals surface area contributed by atoms with E-state index in [-0.39, 0.29) is 18.0 Å². The number of rotatable bonds is 6. The summed E-state index contributed by atoms with van der Waals surface area (Å²) in [5, 5.41) is 4.70. The zero-order valence-electron chi connectivity index (χ0n) is 17.6. The number of para-hydroxylation sites is 1. The first-order valence-corrected chi connectivity index (χ1v) is 10.7. The summed E-state index contributed by atoms with van der Waals surface area (Å²) >= 11 is 0. The highest BCUT2D eigenvalue weighted by Gasteiger charge is 2.22. The minimum atomic E-state index is -0.291. The van der Waals surface area contributed by atoms with Gasteiger partial charge in [-0.05, 0) is 49.9 Å². The molecule has 1 aliphatic carbocycles. The first-order valence-electron chi connectivity index (χ1n) is 10.7. The fourth-order valence-corrected chi connectivity index (χ4v) is 4.03. The third kappa shape index (κ3) is 3.87. The van der Waals surface area contributed by atoms with Gasteiger partial charge < -0.3 is 9.32 Å². The molecule has 32 heavy (non-hydrogen) atoms. The van der Waals surface area contributed by atoms with Gasteiger partial charge in [-0.1, -0.05) is 24.3 Å². The van der Waals surface area contributed by atoms with Crippen molar-refractivity contribution in [2.45, 2.75) is 38.8 Å². The molecule has 0 N–H and O–H groups in total. The number of nitrogens with zero attached hydrogens (tertiary/aromatic N) is 5. The average Bonchev–Trinajstić information content (AvgIpc) is 3.50. The molecule has 3 heterocycles. The molecule has 8 heteroatoms. The lowest BCUT2D eigenvalue weighted by Crippen LogP contribution is -2.36. The summed E-state index contributed by atoms with van der Waals surface area (Å²) in [6.45, 7) is 0.240. The quantitative estimate of drug-likeness (QED) is 0.467. The Balaban J connectivity index is 1.44. The normalized spacial score (nSPS) is 13.8. The Morgan fingerprint density at radius 2 is 2.00 bits per heavy atom. The number of benzene rings is 1. The van der Waals surface area contributed by atoms with Gasteiger partial charge in [-0.15, -0.1) is 0 Å². The number of hydrogen-bond acceptors (Lipinski definition) is 5. The summed E-state index contributed by atoms with van der Waals surface area (Å²) in [6, 6.07) is 13.2. The summed E-state index contributed by atoms with van der Waals surface area (Å²) in [5.41, 5.74) is 1.97. The molecule has 5 rings (SSSR count). The molecule has 1 aliphatic rings. The lowest BCUT2D eigenvalue weighted by molar-refractivity contribution is -0.130. The monoisotopic (exact) mass is 429 g/mol. The van der Waals surface area contributed by atoms with Gasteiger partial charge in [-0.2, -0.15) is 5.10 Å². The highest BCUT2D eigenvalue weighted by molar-refractivity contribution is 5.79. The van der Waals surface area contributed by atoms with Gasteiger partial charge in [0.05, 0.1) is 24.7 Å². The number of amides is 1. The summed E-state index contributed by atoms with van der Waals surface area (Å²) in [4.78, 5) is 32.5. The topological polar surface area (TPSA) is 86.2 Å². The number of carbonyl (C=O) groups is 1. The predicted molar refractivity (Wildman–Crippen MR) is 119 cm³/mol. The number of allylic oxidation sites excluding steroid dienone is 2. The minimum Gasteiger partial charge on any atom is -0.467 e. The van der Waals surface area contributed by atoms with Crippen LogP contribution < -0.4 is 5.56 Å². The molecule has 0 saturated carbocycles. The van der Waals surface area contributed by atoms with Crippen LogP contribution in [0.4, 0.5) is 0 Å². The first-order chi connectivity index (χ1) is 15.7. The largest absolute Gasteiger partial charge is 0.467 e. The van der Waals surface area contributed by atoms with Crippen molar-refractivity contribution in [1.29, 1.82) is 0 Å². The van der Waals surface area contributed by atoms with Crippen LogP contribution in [0.2, 0.25) is 0 Å². The highest BCUT2D eigenvalue weighted by atomic mass is 16.3. The molecule has 1 aromatic carbocycles. The van der Waals surface area contributed by atoms with Gasteiger partial charge in [0.1, 0.15) is 24.0 Å². The number of fused-ring (bicyclic) bond motifs is 1. The van der Waals surface area contributed by atoms with Crippen LogP contribution in [0.5, 0.6) is 0 Å². The van der Waals surface area contributed by atoms with Crippen LogP contribution in [-0.4, -0.2) is 30.1 Å². The molecule has 0 atom stereocenters. The van der Waals surface area contributed by atoms with Gasteiger partial charge in [-0.25, -0.2) is 9.67 Å². The molecule has 0 unspecified atom stereocenters. The standard InChI is InChI=1S/C24H23N5O3/c30-22(28(15-20-12-7-13-32-20)18-8-3-1-4-9-18)16-27-17-25-23-21(24(27)31)14-26-29(23)19-10-5-2-6-11-19/h2,5-8,10-14,17H,1,3-4,9,15-16H2. The molecule has 0 bridgehead atoms. The summed E-state index contributed by atoms with van der Waals surface area (Å²) in [6.07, 6.45) is 10.6. The summed E-state index contributed by atoms with van der Waals surface area (Å²) in [7, 11) is 0. The third-order valence-electron chi connectivity index (χ3n) is 5.67. The van der Waals surface area contributed by atoms with E-state index >= 15 is 0 Å². The first kappa shape index (κ1) is 20.0. The lowest BCUT2D eigenvalue weighted by Gasteiger charge is -2.27. The number of hydrogen-bond donors (Lipinski definition) is 0. The van der Waals surface area contributed by atoms with Crippen LogP contribution in [0, 0.1) is 0 Å². The molecule has 3 aromatic heterocycles. The van der Waals surface area contributed by atoms with Crippen molar-refractivity contribution in [3.8, 4) is 5.69 Å². The Bertz CT molecular complexity index is 1320. The van der Waals surface area contributed by atoms with Crippen molar-refractivity contribution in [2.24, 2.45) is 0 Å². The van der Waals surface area contributed by atoms with Gasteiger partial charge in [-0.3, -0.25) is 14.2 Å². The Labute approximate surface area is 184 Å². The minimum absolute atomic E-state index is 0.101. The Hall–Kier alpha value is -3.94. The number of carbonyl (C=O) groups excluding carboxylic acids is 1. The van der Waals surface area contributed by atoms with E-state index in [2.05, 4.69) is 16.2 Å².